The summed E-state index contributed by atoms with van der Waals surface area (Å²) in [6.07, 6.45) is 1.56. The van der Waals surface area contributed by atoms with Gasteiger partial charge in [0.25, 0.3) is 0 Å². The van der Waals surface area contributed by atoms with Gasteiger partial charge in [0.15, 0.2) is 0 Å². The summed E-state index contributed by atoms with van der Waals surface area (Å²) in [5.41, 5.74) is 1.18. The summed E-state index contributed by atoms with van der Waals surface area (Å²) in [5.74, 6) is 1.47. The molecule has 32 heavy (non-hydrogen) atoms. The van der Waals surface area contributed by atoms with Crippen LogP contribution in [0.4, 0.5) is 17.3 Å². The van der Waals surface area contributed by atoms with Crippen molar-refractivity contribution in [2.45, 2.75) is 18.7 Å². The number of carbonyl (C=O) groups is 1. The molecule has 2 saturated heterocycles. The molecule has 3 heterocycles. The molecule has 0 radical (unpaired) electrons. The van der Waals surface area contributed by atoms with Gasteiger partial charge in [0.1, 0.15) is 18.0 Å². The van der Waals surface area contributed by atoms with E-state index in [-0.39, 0.29) is 10.8 Å². The fraction of sp³-hybridized carbons (Fsp3) is 0.476. The van der Waals surface area contributed by atoms with Gasteiger partial charge in [-0.1, -0.05) is 0 Å². The van der Waals surface area contributed by atoms with Crippen LogP contribution in [-0.4, -0.2) is 81.1 Å². The first-order valence-corrected chi connectivity index (χ1v) is 12.1. The number of piperazine rings is 1. The second kappa shape index (κ2) is 9.39. The third-order valence-corrected chi connectivity index (χ3v) is 7.71. The Morgan fingerprint density at radius 1 is 0.969 bits per heavy atom. The normalized spacial score (nSPS) is 17.9. The summed E-state index contributed by atoms with van der Waals surface area (Å²) in [6, 6.07) is 6.81. The van der Waals surface area contributed by atoms with Crippen LogP contribution in [0.2, 0.25) is 0 Å². The van der Waals surface area contributed by atoms with Crippen LogP contribution in [0.3, 0.4) is 0 Å². The van der Waals surface area contributed by atoms with Gasteiger partial charge in [-0.2, -0.15) is 4.31 Å². The van der Waals surface area contributed by atoms with Crippen molar-refractivity contribution in [2.24, 2.45) is 0 Å². The highest BCUT2D eigenvalue weighted by atomic mass is 32.2. The van der Waals surface area contributed by atoms with Gasteiger partial charge in [-0.15, -0.1) is 0 Å². The van der Waals surface area contributed by atoms with Crippen molar-refractivity contribution in [2.75, 3.05) is 67.6 Å². The maximum atomic E-state index is 13.2. The van der Waals surface area contributed by atoms with Crippen LogP contribution in [0.25, 0.3) is 0 Å². The molecule has 0 bridgehead atoms. The van der Waals surface area contributed by atoms with E-state index in [1.165, 1.54) is 11.2 Å². The van der Waals surface area contributed by atoms with Crippen LogP contribution in [0, 0.1) is 6.92 Å². The summed E-state index contributed by atoms with van der Waals surface area (Å²) < 4.78 is 33.4. The summed E-state index contributed by atoms with van der Waals surface area (Å²) in [6.45, 7) is 7.93. The standard InChI is InChI=1S/C21H28N6O4S/c1-16-13-18(24-17(2)28)3-4-19(16)32(29,30)27-7-5-25(6-8-27)20-14-21(23-15-22-20)26-9-11-31-12-10-26/h3-4,13-15H,5-12H2,1-2H3,(H,24,28). The predicted octanol–water partition coefficient (Wildman–Crippen LogP) is 1.09. The lowest BCUT2D eigenvalue weighted by atomic mass is 10.2. The van der Waals surface area contributed by atoms with E-state index in [4.69, 9.17) is 4.74 Å². The van der Waals surface area contributed by atoms with Crippen LogP contribution < -0.4 is 15.1 Å². The first-order chi connectivity index (χ1) is 15.3. The molecule has 0 aliphatic carbocycles. The minimum atomic E-state index is -3.63. The molecule has 0 spiro atoms. The van der Waals surface area contributed by atoms with Gasteiger partial charge in [0, 0.05) is 57.9 Å². The Kier molecular flexibility index (Phi) is 6.58. The highest BCUT2D eigenvalue weighted by molar-refractivity contribution is 7.89. The number of nitrogens with zero attached hydrogens (tertiary/aromatic N) is 5. The van der Waals surface area contributed by atoms with Gasteiger partial charge < -0.3 is 19.9 Å². The number of aryl methyl sites for hydroxylation is 1. The van der Waals surface area contributed by atoms with Crippen molar-refractivity contribution in [3.8, 4) is 0 Å². The first-order valence-electron chi connectivity index (χ1n) is 10.6. The number of anilines is 3. The maximum absolute atomic E-state index is 13.2. The second-order valence-corrected chi connectivity index (χ2v) is 9.79. The number of ether oxygens (including phenoxy) is 1. The van der Waals surface area contributed by atoms with Crippen LogP contribution in [0.15, 0.2) is 35.5 Å². The molecule has 2 aliphatic rings. The number of benzene rings is 1. The lowest BCUT2D eigenvalue weighted by Gasteiger charge is -2.35. The van der Waals surface area contributed by atoms with Crippen molar-refractivity contribution in [1.29, 1.82) is 0 Å². The zero-order valence-electron chi connectivity index (χ0n) is 18.3. The van der Waals surface area contributed by atoms with E-state index in [9.17, 15) is 13.2 Å². The minimum absolute atomic E-state index is 0.197. The van der Waals surface area contributed by atoms with Gasteiger partial charge >= 0.3 is 0 Å². The average Bonchev–Trinajstić information content (AvgIpc) is 2.79. The molecule has 0 saturated carbocycles. The van der Waals surface area contributed by atoms with Crippen molar-refractivity contribution < 1.29 is 17.9 Å². The Morgan fingerprint density at radius 2 is 1.59 bits per heavy atom. The molecular weight excluding hydrogens is 432 g/mol. The number of nitrogens with one attached hydrogen (secondary N) is 1. The molecule has 1 aromatic carbocycles. The van der Waals surface area contributed by atoms with Gasteiger partial charge in [-0.3, -0.25) is 4.79 Å². The van der Waals surface area contributed by atoms with Crippen molar-refractivity contribution in [3.63, 3.8) is 0 Å². The first kappa shape index (κ1) is 22.4. The summed E-state index contributed by atoms with van der Waals surface area (Å²) in [4.78, 5) is 24.6. The minimum Gasteiger partial charge on any atom is -0.378 e. The van der Waals surface area contributed by atoms with Gasteiger partial charge in [0.05, 0.1) is 18.1 Å². The Balaban J connectivity index is 1.44. The highest BCUT2D eigenvalue weighted by Gasteiger charge is 2.30. The van der Waals surface area contributed by atoms with E-state index in [0.717, 1.165) is 24.7 Å². The molecule has 1 amide bonds. The Morgan fingerprint density at radius 3 is 2.19 bits per heavy atom. The Hall–Kier alpha value is -2.76. The molecule has 2 aliphatic heterocycles. The number of aromatic nitrogens is 2. The third kappa shape index (κ3) is 4.84. The molecule has 0 unspecified atom stereocenters. The fourth-order valence-electron chi connectivity index (χ4n) is 3.99. The monoisotopic (exact) mass is 460 g/mol. The average molecular weight is 461 g/mol. The molecule has 0 atom stereocenters. The number of morpholine rings is 1. The van der Waals surface area contributed by atoms with Crippen LogP contribution in [0.1, 0.15) is 12.5 Å². The number of hydrogen-bond donors (Lipinski definition) is 1. The summed E-state index contributed by atoms with van der Waals surface area (Å²) in [7, 11) is -3.63. The maximum Gasteiger partial charge on any atom is 0.243 e. The molecule has 1 N–H and O–H groups in total. The van der Waals surface area contributed by atoms with Crippen molar-refractivity contribution in [1.82, 2.24) is 14.3 Å². The van der Waals surface area contributed by atoms with Gasteiger partial charge in [-0.05, 0) is 30.7 Å². The molecule has 10 nitrogen and oxygen atoms in total. The SMILES string of the molecule is CC(=O)Nc1ccc(S(=O)(=O)N2CCN(c3cc(N4CCOCC4)ncn3)CC2)c(C)c1. The largest absolute Gasteiger partial charge is 0.378 e. The summed E-state index contributed by atoms with van der Waals surface area (Å²) >= 11 is 0. The highest BCUT2D eigenvalue weighted by Crippen LogP contribution is 2.26. The molecule has 1 aromatic heterocycles. The smallest absolute Gasteiger partial charge is 0.243 e. The Labute approximate surface area is 188 Å². The molecular formula is C21H28N6O4S. The topological polar surface area (TPSA) is 108 Å². The predicted molar refractivity (Wildman–Crippen MR) is 122 cm³/mol. The van der Waals surface area contributed by atoms with E-state index in [2.05, 4.69) is 25.1 Å². The van der Waals surface area contributed by atoms with Crippen LogP contribution in [-0.2, 0) is 19.6 Å². The van der Waals surface area contributed by atoms with E-state index >= 15 is 0 Å². The van der Waals surface area contributed by atoms with Gasteiger partial charge in [-0.25, -0.2) is 18.4 Å². The summed E-state index contributed by atoms with van der Waals surface area (Å²) in [5, 5.41) is 2.68. The van der Waals surface area contributed by atoms with Crippen molar-refractivity contribution in [3.05, 3.63) is 36.2 Å². The van der Waals surface area contributed by atoms with Gasteiger partial charge in [0.2, 0.25) is 15.9 Å². The lowest BCUT2D eigenvalue weighted by molar-refractivity contribution is -0.114. The molecule has 11 heteroatoms. The second-order valence-electron chi connectivity index (χ2n) is 7.89. The quantitative estimate of drug-likeness (QED) is 0.707. The number of amides is 1. The molecule has 2 fully saturated rings. The molecule has 172 valence electrons. The lowest BCUT2D eigenvalue weighted by Crippen LogP contribution is -2.49. The van der Waals surface area contributed by atoms with E-state index in [1.54, 1.807) is 31.5 Å². The van der Waals surface area contributed by atoms with Crippen LogP contribution >= 0.6 is 0 Å². The fourth-order valence-corrected chi connectivity index (χ4v) is 5.62. The number of carbonyl (C=O) groups excluding carboxylic acids is 1. The number of rotatable bonds is 5. The molecule has 2 aromatic rings. The van der Waals surface area contributed by atoms with E-state index in [0.29, 0.717) is 50.6 Å². The zero-order valence-corrected chi connectivity index (χ0v) is 19.1. The number of sulfonamides is 1. The van der Waals surface area contributed by atoms with E-state index < -0.39 is 10.0 Å². The number of hydrogen-bond acceptors (Lipinski definition) is 8. The van der Waals surface area contributed by atoms with Crippen molar-refractivity contribution >= 4 is 33.3 Å². The zero-order chi connectivity index (χ0) is 22.7. The van der Waals surface area contributed by atoms with Crippen LogP contribution in [0.5, 0.6) is 0 Å². The third-order valence-electron chi connectivity index (χ3n) is 5.65. The van der Waals surface area contributed by atoms with E-state index in [1.807, 2.05) is 6.07 Å². The molecule has 4 rings (SSSR count). The Bertz CT molecular complexity index is 1080.